The summed E-state index contributed by atoms with van der Waals surface area (Å²) in [6.45, 7) is -3.88. The van der Waals surface area contributed by atoms with Gasteiger partial charge in [0.1, 0.15) is 6.54 Å². The second-order valence-corrected chi connectivity index (χ2v) is 7.52. The minimum Gasteiger partial charge on any atom is -0.435 e. The molecule has 0 aliphatic carbocycles. The number of fused-ring (bicyclic) bond motifs is 1. The zero-order valence-corrected chi connectivity index (χ0v) is 18.3. The van der Waals surface area contributed by atoms with Crippen LogP contribution >= 0.6 is 0 Å². The smallest absolute Gasteiger partial charge is 0.417 e. The molecule has 190 valence electrons. The van der Waals surface area contributed by atoms with Crippen LogP contribution in [0.2, 0.25) is 0 Å². The van der Waals surface area contributed by atoms with Crippen LogP contribution in [0.25, 0.3) is 5.65 Å². The van der Waals surface area contributed by atoms with Gasteiger partial charge in [-0.25, -0.2) is 14.7 Å². The molecule has 1 fully saturated rings. The Kier molecular flexibility index (Phi) is 5.81. The predicted molar refractivity (Wildman–Crippen MR) is 116 cm³/mol. The van der Waals surface area contributed by atoms with Crippen molar-refractivity contribution in [2.24, 2.45) is 0 Å². The molecule has 0 bridgehead atoms. The van der Waals surface area contributed by atoms with Gasteiger partial charge in [0.05, 0.1) is 29.3 Å². The maximum absolute atomic E-state index is 13.2. The highest BCUT2D eigenvalue weighted by atomic mass is 19.4. The molecule has 4 aromatic rings. The predicted octanol–water partition coefficient (Wildman–Crippen LogP) is 4.51. The summed E-state index contributed by atoms with van der Waals surface area (Å²) in [4.78, 5) is 34.6. The standard InChI is InChI=1S/C22H13F5N6O4/c23-20(24)37-16-8-13(1-2-15(16)36-19-4-5-29-17-3-6-30-33(17)19)32-18(34)11-31(21(32)35)14-7-12(9-28-10-14)22(25,26)27/h1-10,20H,11H2. The van der Waals surface area contributed by atoms with Gasteiger partial charge in [-0.1, -0.05) is 0 Å². The molecule has 1 aliphatic rings. The number of aromatic nitrogens is 4. The maximum Gasteiger partial charge on any atom is 0.417 e. The van der Waals surface area contributed by atoms with E-state index in [2.05, 4.69) is 19.8 Å². The number of alkyl halides is 5. The first kappa shape index (κ1) is 23.9. The van der Waals surface area contributed by atoms with Crippen LogP contribution in [0.5, 0.6) is 17.4 Å². The van der Waals surface area contributed by atoms with E-state index in [1.54, 1.807) is 6.07 Å². The Morgan fingerprint density at radius 3 is 2.51 bits per heavy atom. The summed E-state index contributed by atoms with van der Waals surface area (Å²) in [5.74, 6) is -1.40. The largest absolute Gasteiger partial charge is 0.435 e. The maximum atomic E-state index is 13.2. The van der Waals surface area contributed by atoms with Crippen LogP contribution in [0.3, 0.4) is 0 Å². The van der Waals surface area contributed by atoms with Crippen LogP contribution in [-0.4, -0.2) is 44.7 Å². The topological polar surface area (TPSA) is 102 Å². The van der Waals surface area contributed by atoms with E-state index >= 15 is 0 Å². The first-order valence-electron chi connectivity index (χ1n) is 10.3. The van der Waals surface area contributed by atoms with Crippen LogP contribution in [0, 0.1) is 0 Å². The van der Waals surface area contributed by atoms with E-state index < -0.39 is 42.6 Å². The van der Waals surface area contributed by atoms with Crippen molar-refractivity contribution in [2.75, 3.05) is 16.3 Å². The van der Waals surface area contributed by atoms with Crippen molar-refractivity contribution >= 4 is 29.0 Å². The number of nitrogens with zero attached hydrogens (tertiary/aromatic N) is 6. The third-order valence-corrected chi connectivity index (χ3v) is 5.20. The van der Waals surface area contributed by atoms with E-state index in [1.807, 2.05) is 0 Å². The molecule has 0 radical (unpaired) electrons. The van der Waals surface area contributed by atoms with E-state index in [1.165, 1.54) is 35.1 Å². The second-order valence-electron chi connectivity index (χ2n) is 7.52. The molecule has 1 aromatic carbocycles. The lowest BCUT2D eigenvalue weighted by molar-refractivity contribution is -0.137. The first-order valence-corrected chi connectivity index (χ1v) is 10.3. The number of anilines is 2. The third kappa shape index (κ3) is 4.57. The highest BCUT2D eigenvalue weighted by molar-refractivity contribution is 6.27. The van der Waals surface area contributed by atoms with Crippen molar-refractivity contribution in [2.45, 2.75) is 12.8 Å². The van der Waals surface area contributed by atoms with Gasteiger partial charge < -0.3 is 9.47 Å². The minimum absolute atomic E-state index is 0.110. The summed E-state index contributed by atoms with van der Waals surface area (Å²) < 4.78 is 77.0. The first-order chi connectivity index (χ1) is 17.6. The van der Waals surface area contributed by atoms with Gasteiger partial charge in [0.25, 0.3) is 5.91 Å². The van der Waals surface area contributed by atoms with Crippen molar-refractivity contribution in [3.8, 4) is 17.4 Å². The average molecular weight is 520 g/mol. The van der Waals surface area contributed by atoms with Crippen molar-refractivity contribution < 1.29 is 41.0 Å². The Hall–Kier alpha value is -4.82. The van der Waals surface area contributed by atoms with Gasteiger partial charge in [0, 0.05) is 30.6 Å². The van der Waals surface area contributed by atoms with Crippen LogP contribution in [0.4, 0.5) is 38.1 Å². The zero-order chi connectivity index (χ0) is 26.3. The molecule has 3 aromatic heterocycles. The Labute approximate surface area is 203 Å². The van der Waals surface area contributed by atoms with E-state index in [0.717, 1.165) is 17.2 Å². The summed E-state index contributed by atoms with van der Waals surface area (Å²) in [6.07, 6.45) is -0.283. The van der Waals surface area contributed by atoms with E-state index in [-0.39, 0.29) is 23.0 Å². The van der Waals surface area contributed by atoms with Gasteiger partial charge in [-0.15, -0.1) is 0 Å². The zero-order valence-electron chi connectivity index (χ0n) is 18.3. The fraction of sp³-hybridized carbons (Fsp3) is 0.136. The molecular formula is C22H13F5N6O4. The van der Waals surface area contributed by atoms with E-state index in [9.17, 15) is 31.5 Å². The molecule has 37 heavy (non-hydrogen) atoms. The van der Waals surface area contributed by atoms with Crippen molar-refractivity contribution in [1.82, 2.24) is 19.6 Å². The number of amides is 3. The number of imide groups is 1. The Bertz CT molecular complexity index is 1510. The molecule has 3 amide bonds. The molecule has 0 unspecified atom stereocenters. The molecular weight excluding hydrogens is 507 g/mol. The molecule has 4 heterocycles. The Morgan fingerprint density at radius 2 is 1.76 bits per heavy atom. The fourth-order valence-electron chi connectivity index (χ4n) is 3.60. The minimum atomic E-state index is -4.72. The van der Waals surface area contributed by atoms with Crippen LogP contribution in [0.1, 0.15) is 5.56 Å². The number of halogens is 5. The number of ether oxygens (including phenoxy) is 2. The SMILES string of the molecule is O=C1CN(c2cncc(C(F)(F)F)c2)C(=O)N1c1ccc(Oc2ccnc3ccnn23)c(OC(F)F)c1. The number of carbonyl (C=O) groups is 2. The Morgan fingerprint density at radius 1 is 0.946 bits per heavy atom. The molecule has 0 saturated carbocycles. The molecule has 0 spiro atoms. The van der Waals surface area contributed by atoms with Gasteiger partial charge in [-0.2, -0.15) is 31.6 Å². The lowest BCUT2D eigenvalue weighted by atomic mass is 10.2. The van der Waals surface area contributed by atoms with Crippen molar-refractivity contribution in [1.29, 1.82) is 0 Å². The normalized spacial score (nSPS) is 14.2. The van der Waals surface area contributed by atoms with Crippen molar-refractivity contribution in [3.63, 3.8) is 0 Å². The third-order valence-electron chi connectivity index (χ3n) is 5.20. The summed E-state index contributed by atoms with van der Waals surface area (Å²) in [5.41, 5.74) is -1.12. The van der Waals surface area contributed by atoms with Gasteiger partial charge in [-0.05, 0) is 18.2 Å². The van der Waals surface area contributed by atoms with Crippen LogP contribution < -0.4 is 19.3 Å². The van der Waals surface area contributed by atoms with E-state index in [4.69, 9.17) is 4.74 Å². The number of hydrogen-bond donors (Lipinski definition) is 0. The highest BCUT2D eigenvalue weighted by Gasteiger charge is 2.40. The van der Waals surface area contributed by atoms with E-state index in [0.29, 0.717) is 22.8 Å². The Balaban J connectivity index is 1.47. The second kappa shape index (κ2) is 9.00. The quantitative estimate of drug-likeness (QED) is 0.272. The van der Waals surface area contributed by atoms with Crippen LogP contribution in [-0.2, 0) is 11.0 Å². The monoisotopic (exact) mass is 520 g/mol. The number of benzene rings is 1. The van der Waals surface area contributed by atoms with Crippen LogP contribution in [0.15, 0.2) is 61.2 Å². The highest BCUT2D eigenvalue weighted by Crippen LogP contribution is 2.38. The summed E-state index contributed by atoms with van der Waals surface area (Å²) in [5, 5.41) is 4.03. The molecule has 1 aliphatic heterocycles. The molecule has 0 N–H and O–H groups in total. The number of urea groups is 1. The number of carbonyl (C=O) groups excluding carboxylic acids is 2. The number of hydrogen-bond acceptors (Lipinski definition) is 7. The summed E-state index contributed by atoms with van der Waals surface area (Å²) >= 11 is 0. The number of pyridine rings is 1. The fourth-order valence-corrected chi connectivity index (χ4v) is 3.60. The van der Waals surface area contributed by atoms with Gasteiger partial charge in [-0.3, -0.25) is 14.7 Å². The van der Waals surface area contributed by atoms with Gasteiger partial charge in [0.15, 0.2) is 17.1 Å². The van der Waals surface area contributed by atoms with Gasteiger partial charge in [0.2, 0.25) is 5.88 Å². The molecule has 5 rings (SSSR count). The summed E-state index contributed by atoms with van der Waals surface area (Å²) in [7, 11) is 0. The molecule has 15 heteroatoms. The van der Waals surface area contributed by atoms with Gasteiger partial charge >= 0.3 is 18.8 Å². The van der Waals surface area contributed by atoms with Crippen molar-refractivity contribution in [3.05, 3.63) is 66.7 Å². The lowest BCUT2D eigenvalue weighted by Gasteiger charge is -2.19. The number of rotatable bonds is 6. The summed E-state index contributed by atoms with van der Waals surface area (Å²) in [6, 6.07) is 6.09. The molecule has 1 saturated heterocycles. The average Bonchev–Trinajstić information content (AvgIpc) is 3.44. The lowest BCUT2D eigenvalue weighted by Crippen LogP contribution is -2.33. The molecule has 0 atom stereocenters. The molecule has 10 nitrogen and oxygen atoms in total.